The molecule has 0 unspecified atom stereocenters. The van der Waals surface area contributed by atoms with E-state index in [9.17, 15) is 9.59 Å². The van der Waals surface area contributed by atoms with Gasteiger partial charge in [0.25, 0.3) is 5.91 Å². The smallest absolute Gasteiger partial charge is 0.410 e. The number of hydrogen-bond acceptors (Lipinski definition) is 4. The SMILES string of the molecule is CN1C[C@@]2(CCN(C(=O)c3ccc(N4CCCCC4)cc3)C2)OC1=O. The molecule has 6 nitrogen and oxygen atoms in total. The third kappa shape index (κ3) is 3.05. The van der Waals surface area contributed by atoms with E-state index >= 15 is 0 Å². The molecule has 3 saturated heterocycles. The van der Waals surface area contributed by atoms with Crippen LogP contribution in [0, 0.1) is 0 Å². The standard InChI is InChI=1S/C19H25N3O3/c1-20-13-19(25-18(20)24)9-12-22(14-19)17(23)15-5-7-16(8-6-15)21-10-3-2-4-11-21/h5-8H,2-4,9-14H2,1H3/t19-/m1/s1. The summed E-state index contributed by atoms with van der Waals surface area (Å²) in [7, 11) is 1.74. The van der Waals surface area contributed by atoms with Gasteiger partial charge in [-0.15, -0.1) is 0 Å². The van der Waals surface area contributed by atoms with Gasteiger partial charge in [-0.2, -0.15) is 0 Å². The van der Waals surface area contributed by atoms with Crippen molar-refractivity contribution in [2.24, 2.45) is 0 Å². The third-order valence-electron chi connectivity index (χ3n) is 5.58. The molecular formula is C19H25N3O3. The third-order valence-corrected chi connectivity index (χ3v) is 5.58. The molecule has 6 heteroatoms. The molecule has 134 valence electrons. The molecular weight excluding hydrogens is 318 g/mol. The number of hydrogen-bond donors (Lipinski definition) is 0. The number of piperidine rings is 1. The van der Waals surface area contributed by atoms with Crippen LogP contribution >= 0.6 is 0 Å². The summed E-state index contributed by atoms with van der Waals surface area (Å²) >= 11 is 0. The molecule has 3 heterocycles. The van der Waals surface area contributed by atoms with Crippen LogP contribution in [0.5, 0.6) is 0 Å². The Hall–Kier alpha value is -2.24. The molecule has 4 rings (SSSR count). The Labute approximate surface area is 148 Å². The molecule has 1 spiro atoms. The second kappa shape index (κ2) is 6.24. The zero-order valence-corrected chi connectivity index (χ0v) is 14.7. The van der Waals surface area contributed by atoms with Gasteiger partial charge in [0.15, 0.2) is 5.60 Å². The predicted octanol–water partition coefficient (Wildman–Crippen LogP) is 2.34. The van der Waals surface area contributed by atoms with Crippen molar-refractivity contribution in [1.29, 1.82) is 0 Å². The van der Waals surface area contributed by atoms with Crippen molar-refractivity contribution < 1.29 is 14.3 Å². The summed E-state index contributed by atoms with van der Waals surface area (Å²) in [5.74, 6) is 0.0210. The van der Waals surface area contributed by atoms with E-state index in [1.54, 1.807) is 11.9 Å². The molecule has 0 radical (unpaired) electrons. The Kier molecular flexibility index (Phi) is 4.06. The fourth-order valence-electron chi connectivity index (χ4n) is 4.17. The van der Waals surface area contributed by atoms with Crippen LogP contribution in [0.15, 0.2) is 24.3 Å². The molecule has 1 aromatic rings. The minimum atomic E-state index is -0.519. The summed E-state index contributed by atoms with van der Waals surface area (Å²) in [4.78, 5) is 30.2. The molecule has 0 bridgehead atoms. The van der Waals surface area contributed by atoms with Gasteiger partial charge in [-0.05, 0) is 43.5 Å². The number of anilines is 1. The molecule has 2 amide bonds. The van der Waals surface area contributed by atoms with Crippen LogP contribution in [0.25, 0.3) is 0 Å². The van der Waals surface area contributed by atoms with Crippen LogP contribution < -0.4 is 4.90 Å². The van der Waals surface area contributed by atoms with Gasteiger partial charge in [-0.3, -0.25) is 4.79 Å². The van der Waals surface area contributed by atoms with Crippen molar-refractivity contribution in [3.8, 4) is 0 Å². The van der Waals surface area contributed by atoms with E-state index in [4.69, 9.17) is 4.74 Å². The van der Waals surface area contributed by atoms with Gasteiger partial charge < -0.3 is 19.4 Å². The van der Waals surface area contributed by atoms with Crippen molar-refractivity contribution in [3.05, 3.63) is 29.8 Å². The zero-order chi connectivity index (χ0) is 17.4. The van der Waals surface area contributed by atoms with Crippen molar-refractivity contribution in [1.82, 2.24) is 9.80 Å². The fourth-order valence-corrected chi connectivity index (χ4v) is 4.17. The number of likely N-dealkylation sites (N-methyl/N-ethyl adjacent to an activating group) is 1. The Morgan fingerprint density at radius 3 is 2.40 bits per heavy atom. The van der Waals surface area contributed by atoms with E-state index in [0.717, 1.165) is 13.1 Å². The minimum Gasteiger partial charge on any atom is -0.439 e. The van der Waals surface area contributed by atoms with Crippen molar-refractivity contribution in [2.45, 2.75) is 31.3 Å². The number of nitrogens with zero attached hydrogens (tertiary/aromatic N) is 3. The van der Waals surface area contributed by atoms with E-state index in [-0.39, 0.29) is 12.0 Å². The van der Waals surface area contributed by atoms with Crippen molar-refractivity contribution >= 4 is 17.7 Å². The largest absolute Gasteiger partial charge is 0.439 e. The number of rotatable bonds is 2. The van der Waals surface area contributed by atoms with Crippen LogP contribution in [-0.2, 0) is 4.74 Å². The number of likely N-dealkylation sites (tertiary alicyclic amines) is 1. The van der Waals surface area contributed by atoms with Gasteiger partial charge in [0.05, 0.1) is 13.1 Å². The molecule has 0 saturated carbocycles. The molecule has 0 N–H and O–H groups in total. The number of carbonyl (C=O) groups excluding carboxylic acids is 2. The number of carbonyl (C=O) groups is 2. The Balaban J connectivity index is 1.42. The van der Waals surface area contributed by atoms with Gasteiger partial charge >= 0.3 is 6.09 Å². The predicted molar refractivity (Wildman–Crippen MR) is 94.9 cm³/mol. The molecule has 25 heavy (non-hydrogen) atoms. The molecule has 1 atom stereocenters. The Morgan fingerprint density at radius 1 is 1.04 bits per heavy atom. The Bertz CT molecular complexity index is 669. The summed E-state index contributed by atoms with van der Waals surface area (Å²) in [5.41, 5.74) is 1.38. The van der Waals surface area contributed by atoms with Crippen LogP contribution in [-0.4, -0.2) is 67.2 Å². The first-order chi connectivity index (χ1) is 12.1. The summed E-state index contributed by atoms with van der Waals surface area (Å²) in [6.45, 7) is 3.87. The molecule has 0 aliphatic carbocycles. The van der Waals surface area contributed by atoms with E-state index in [1.165, 1.54) is 24.9 Å². The molecule has 3 aliphatic rings. The quantitative estimate of drug-likeness (QED) is 0.827. The maximum absolute atomic E-state index is 12.8. The lowest BCUT2D eigenvalue weighted by Crippen LogP contribution is -2.39. The lowest BCUT2D eigenvalue weighted by molar-refractivity contribution is 0.0553. The molecule has 3 fully saturated rings. The van der Waals surface area contributed by atoms with Crippen LogP contribution in [0.3, 0.4) is 0 Å². The maximum Gasteiger partial charge on any atom is 0.410 e. The van der Waals surface area contributed by atoms with Gasteiger partial charge in [0.2, 0.25) is 0 Å². The van der Waals surface area contributed by atoms with E-state index in [0.29, 0.717) is 31.6 Å². The number of benzene rings is 1. The number of amides is 2. The van der Waals surface area contributed by atoms with Crippen LogP contribution in [0.4, 0.5) is 10.5 Å². The van der Waals surface area contributed by atoms with Crippen molar-refractivity contribution in [2.75, 3.05) is 44.7 Å². The van der Waals surface area contributed by atoms with E-state index < -0.39 is 5.60 Å². The first kappa shape index (κ1) is 16.2. The summed E-state index contributed by atoms with van der Waals surface area (Å²) in [5, 5.41) is 0. The maximum atomic E-state index is 12.8. The van der Waals surface area contributed by atoms with Crippen LogP contribution in [0.1, 0.15) is 36.0 Å². The first-order valence-electron chi connectivity index (χ1n) is 9.15. The van der Waals surface area contributed by atoms with Gasteiger partial charge in [0, 0.05) is 44.4 Å². The monoisotopic (exact) mass is 343 g/mol. The van der Waals surface area contributed by atoms with Gasteiger partial charge in [-0.25, -0.2) is 4.79 Å². The van der Waals surface area contributed by atoms with Crippen LogP contribution in [0.2, 0.25) is 0 Å². The highest BCUT2D eigenvalue weighted by Crippen LogP contribution is 2.32. The first-order valence-corrected chi connectivity index (χ1v) is 9.15. The summed E-state index contributed by atoms with van der Waals surface area (Å²) in [6.07, 6.45) is 4.21. The zero-order valence-electron chi connectivity index (χ0n) is 14.7. The Morgan fingerprint density at radius 2 is 1.76 bits per heavy atom. The highest BCUT2D eigenvalue weighted by Gasteiger charge is 2.49. The average molecular weight is 343 g/mol. The highest BCUT2D eigenvalue weighted by molar-refractivity contribution is 5.95. The van der Waals surface area contributed by atoms with Crippen molar-refractivity contribution in [3.63, 3.8) is 0 Å². The second-order valence-corrected chi connectivity index (χ2v) is 7.48. The molecule has 0 aromatic heterocycles. The average Bonchev–Trinajstić information content (AvgIpc) is 3.17. The number of ether oxygens (including phenoxy) is 1. The summed E-state index contributed by atoms with van der Waals surface area (Å²) < 4.78 is 5.52. The topological polar surface area (TPSA) is 53.1 Å². The highest BCUT2D eigenvalue weighted by atomic mass is 16.6. The fraction of sp³-hybridized carbons (Fsp3) is 0.579. The minimum absolute atomic E-state index is 0.0210. The second-order valence-electron chi connectivity index (χ2n) is 7.48. The van der Waals surface area contributed by atoms with E-state index in [1.807, 2.05) is 29.2 Å². The van der Waals surface area contributed by atoms with Gasteiger partial charge in [-0.1, -0.05) is 0 Å². The normalized spacial score (nSPS) is 26.4. The van der Waals surface area contributed by atoms with E-state index in [2.05, 4.69) is 4.90 Å². The lowest BCUT2D eigenvalue weighted by Gasteiger charge is -2.29. The molecule has 1 aromatic carbocycles. The lowest BCUT2D eigenvalue weighted by atomic mass is 10.0. The summed E-state index contributed by atoms with van der Waals surface area (Å²) in [6, 6.07) is 7.94. The van der Waals surface area contributed by atoms with Gasteiger partial charge in [0.1, 0.15) is 0 Å². The molecule has 3 aliphatic heterocycles.